The Morgan fingerprint density at radius 1 is 1.44 bits per heavy atom. The van der Waals surface area contributed by atoms with Crippen molar-refractivity contribution in [2.75, 3.05) is 6.54 Å². The van der Waals surface area contributed by atoms with E-state index in [1.165, 1.54) is 13.0 Å². The summed E-state index contributed by atoms with van der Waals surface area (Å²) in [6.07, 6.45) is 0.434. The Hall–Kier alpha value is -1.99. The number of halogens is 1. The molecule has 0 spiro atoms. The lowest BCUT2D eigenvalue weighted by atomic mass is 10.1. The van der Waals surface area contributed by atoms with Gasteiger partial charge in [-0.05, 0) is 12.1 Å². The minimum absolute atomic E-state index is 0.0783. The van der Waals surface area contributed by atoms with Crippen LogP contribution in [0.5, 0.6) is 0 Å². The van der Waals surface area contributed by atoms with Crippen LogP contribution in [-0.2, 0) is 4.79 Å². The van der Waals surface area contributed by atoms with Crippen LogP contribution in [-0.4, -0.2) is 23.5 Å². The molecule has 0 aliphatic heterocycles. The van der Waals surface area contributed by atoms with Crippen molar-refractivity contribution >= 4 is 23.5 Å². The number of carbonyl (C=O) groups is 2. The van der Waals surface area contributed by atoms with Crippen LogP contribution < -0.4 is 5.32 Å². The molecule has 0 saturated heterocycles. The topological polar surface area (TPSA) is 66.4 Å². The summed E-state index contributed by atoms with van der Waals surface area (Å²) in [4.78, 5) is 21.6. The van der Waals surface area contributed by atoms with Gasteiger partial charge in [0.25, 0.3) is 0 Å². The molecule has 0 aromatic heterocycles. The Kier molecular flexibility index (Phi) is 5.22. The summed E-state index contributed by atoms with van der Waals surface area (Å²) in [6, 6.07) is 4.60. The average molecular weight is 266 g/mol. The van der Waals surface area contributed by atoms with Gasteiger partial charge in [-0.2, -0.15) is 0 Å². The van der Waals surface area contributed by atoms with Gasteiger partial charge in [0.2, 0.25) is 5.91 Å². The van der Waals surface area contributed by atoms with E-state index >= 15 is 0 Å². The van der Waals surface area contributed by atoms with Gasteiger partial charge in [-0.1, -0.05) is 29.5 Å². The fourth-order valence-electron chi connectivity index (χ4n) is 1.28. The molecule has 1 aromatic rings. The standard InChI is InChI=1S/C13H12ClNO3/c1-9(16)15-8-3-2-5-10-11(13(17)18)6-4-7-12(10)14/h4,6-7H,3,8H2,1H3,(H,15,16)(H,17,18). The predicted octanol–water partition coefficient (Wildman–Crippen LogP) is 1.92. The first kappa shape index (κ1) is 14.1. The molecule has 0 heterocycles. The molecule has 1 amide bonds. The Bertz CT molecular complexity index is 529. The fraction of sp³-hybridized carbons (Fsp3) is 0.231. The molecule has 5 heteroatoms. The van der Waals surface area contributed by atoms with Crippen molar-refractivity contribution in [1.29, 1.82) is 0 Å². The van der Waals surface area contributed by atoms with E-state index in [-0.39, 0.29) is 11.5 Å². The zero-order chi connectivity index (χ0) is 13.5. The maximum Gasteiger partial charge on any atom is 0.337 e. The van der Waals surface area contributed by atoms with Crippen molar-refractivity contribution in [3.63, 3.8) is 0 Å². The molecule has 1 rings (SSSR count). The highest BCUT2D eigenvalue weighted by Gasteiger charge is 2.10. The van der Waals surface area contributed by atoms with Gasteiger partial charge in [-0.15, -0.1) is 0 Å². The molecule has 1 aromatic carbocycles. The molecular weight excluding hydrogens is 254 g/mol. The van der Waals surface area contributed by atoms with Crippen LogP contribution in [0.15, 0.2) is 18.2 Å². The van der Waals surface area contributed by atoms with Gasteiger partial charge in [0, 0.05) is 19.9 Å². The quantitative estimate of drug-likeness (QED) is 0.648. The third-order valence-electron chi connectivity index (χ3n) is 2.08. The van der Waals surface area contributed by atoms with Crippen molar-refractivity contribution in [3.05, 3.63) is 34.3 Å². The van der Waals surface area contributed by atoms with Crippen LogP contribution in [0.3, 0.4) is 0 Å². The van der Waals surface area contributed by atoms with Gasteiger partial charge in [-0.3, -0.25) is 4.79 Å². The lowest BCUT2D eigenvalue weighted by molar-refractivity contribution is -0.118. The predicted molar refractivity (Wildman–Crippen MR) is 68.6 cm³/mol. The van der Waals surface area contributed by atoms with Gasteiger partial charge in [0.05, 0.1) is 16.1 Å². The van der Waals surface area contributed by atoms with E-state index in [0.717, 1.165) is 0 Å². The molecule has 0 bridgehead atoms. The van der Waals surface area contributed by atoms with Gasteiger partial charge >= 0.3 is 5.97 Å². The number of carboxylic acid groups (broad SMARTS) is 1. The summed E-state index contributed by atoms with van der Waals surface area (Å²) in [7, 11) is 0. The van der Waals surface area contributed by atoms with Gasteiger partial charge in [-0.25, -0.2) is 4.79 Å². The SMILES string of the molecule is CC(=O)NCCC#Cc1c(Cl)cccc1C(=O)O. The van der Waals surface area contributed by atoms with Crippen molar-refractivity contribution in [3.8, 4) is 11.8 Å². The molecule has 94 valence electrons. The summed E-state index contributed by atoms with van der Waals surface area (Å²) in [5.74, 6) is 4.31. The van der Waals surface area contributed by atoms with E-state index < -0.39 is 5.97 Å². The van der Waals surface area contributed by atoms with E-state index in [1.807, 2.05) is 0 Å². The Labute approximate surface area is 110 Å². The highest BCUT2D eigenvalue weighted by atomic mass is 35.5. The van der Waals surface area contributed by atoms with Crippen LogP contribution >= 0.6 is 11.6 Å². The largest absolute Gasteiger partial charge is 0.478 e. The Morgan fingerprint density at radius 3 is 2.78 bits per heavy atom. The van der Waals surface area contributed by atoms with E-state index in [2.05, 4.69) is 17.2 Å². The van der Waals surface area contributed by atoms with Gasteiger partial charge in [0.15, 0.2) is 0 Å². The summed E-state index contributed by atoms with van der Waals surface area (Å²) in [5, 5.41) is 11.9. The molecule has 0 unspecified atom stereocenters. The first-order chi connectivity index (χ1) is 8.52. The van der Waals surface area contributed by atoms with Crippen molar-refractivity contribution in [2.45, 2.75) is 13.3 Å². The highest BCUT2D eigenvalue weighted by molar-refractivity contribution is 6.32. The van der Waals surface area contributed by atoms with E-state index in [1.54, 1.807) is 12.1 Å². The summed E-state index contributed by atoms with van der Waals surface area (Å²) in [6.45, 7) is 1.85. The zero-order valence-corrected chi connectivity index (χ0v) is 10.5. The van der Waals surface area contributed by atoms with Gasteiger partial charge in [0.1, 0.15) is 0 Å². The molecule has 0 aliphatic carbocycles. The normalized spacial score (nSPS) is 9.22. The third kappa shape index (κ3) is 4.11. The van der Waals surface area contributed by atoms with Crippen LogP contribution in [0.2, 0.25) is 5.02 Å². The number of carboxylic acids is 1. The third-order valence-corrected chi connectivity index (χ3v) is 2.40. The highest BCUT2D eigenvalue weighted by Crippen LogP contribution is 2.18. The molecule has 0 radical (unpaired) electrons. The smallest absolute Gasteiger partial charge is 0.337 e. The molecule has 0 saturated carbocycles. The molecule has 4 nitrogen and oxygen atoms in total. The second-order valence-corrected chi connectivity index (χ2v) is 3.91. The van der Waals surface area contributed by atoms with Gasteiger partial charge < -0.3 is 10.4 Å². The van der Waals surface area contributed by atoms with Crippen molar-refractivity contribution in [2.24, 2.45) is 0 Å². The first-order valence-electron chi connectivity index (χ1n) is 5.27. The van der Waals surface area contributed by atoms with Crippen LogP contribution in [0.4, 0.5) is 0 Å². The molecule has 0 fully saturated rings. The van der Waals surface area contributed by atoms with Crippen LogP contribution in [0.1, 0.15) is 29.3 Å². The maximum atomic E-state index is 11.0. The molecule has 18 heavy (non-hydrogen) atoms. The summed E-state index contributed by atoms with van der Waals surface area (Å²) in [5.41, 5.74) is 0.379. The number of carbonyl (C=O) groups excluding carboxylic acids is 1. The number of hydrogen-bond acceptors (Lipinski definition) is 2. The molecule has 0 atom stereocenters. The Balaban J connectivity index is 2.81. The molecule has 0 aliphatic rings. The van der Waals surface area contributed by atoms with Crippen molar-refractivity contribution < 1.29 is 14.7 Å². The van der Waals surface area contributed by atoms with Crippen molar-refractivity contribution in [1.82, 2.24) is 5.32 Å². The number of nitrogens with one attached hydrogen (secondary N) is 1. The second-order valence-electron chi connectivity index (χ2n) is 3.50. The minimum Gasteiger partial charge on any atom is -0.478 e. The number of rotatable bonds is 3. The number of aromatic carboxylic acids is 1. The number of amides is 1. The van der Waals surface area contributed by atoms with Crippen LogP contribution in [0.25, 0.3) is 0 Å². The van der Waals surface area contributed by atoms with Crippen LogP contribution in [0, 0.1) is 11.8 Å². The Morgan fingerprint density at radius 2 is 2.17 bits per heavy atom. The average Bonchev–Trinajstić information content (AvgIpc) is 2.29. The van der Waals surface area contributed by atoms with E-state index in [9.17, 15) is 9.59 Å². The number of hydrogen-bond donors (Lipinski definition) is 2. The second kappa shape index (κ2) is 6.67. The number of benzene rings is 1. The zero-order valence-electron chi connectivity index (χ0n) is 9.79. The van der Waals surface area contributed by atoms with E-state index in [4.69, 9.17) is 16.7 Å². The molecular formula is C13H12ClNO3. The lowest BCUT2D eigenvalue weighted by Crippen LogP contribution is -2.20. The summed E-state index contributed by atoms with van der Waals surface area (Å²) >= 11 is 5.90. The fourth-order valence-corrected chi connectivity index (χ4v) is 1.50. The van der Waals surface area contributed by atoms with E-state index in [0.29, 0.717) is 23.6 Å². The molecule has 2 N–H and O–H groups in total. The monoisotopic (exact) mass is 265 g/mol. The minimum atomic E-state index is -1.07. The lowest BCUT2D eigenvalue weighted by Gasteiger charge is -2.01. The summed E-state index contributed by atoms with van der Waals surface area (Å²) < 4.78 is 0. The first-order valence-corrected chi connectivity index (χ1v) is 5.65. The maximum absolute atomic E-state index is 11.0.